The van der Waals surface area contributed by atoms with Crippen molar-refractivity contribution in [2.45, 2.75) is 37.8 Å². The van der Waals surface area contributed by atoms with E-state index in [4.69, 9.17) is 0 Å². The molecule has 5 rings (SSSR count). The Morgan fingerprint density at radius 2 is 1.93 bits per heavy atom. The first-order chi connectivity index (χ1) is 14.7. The number of hydrogen-bond acceptors (Lipinski definition) is 5. The molecule has 1 N–H and O–H groups in total. The quantitative estimate of drug-likeness (QED) is 0.843. The van der Waals surface area contributed by atoms with Crippen LogP contribution in [0.25, 0.3) is 0 Å². The Bertz CT molecular complexity index is 906. The highest BCUT2D eigenvalue weighted by Crippen LogP contribution is 2.42. The van der Waals surface area contributed by atoms with Crippen LogP contribution in [0.4, 0.5) is 5.69 Å². The molecular formula is C23H27N5O2. The van der Waals surface area contributed by atoms with Crippen LogP contribution < -0.4 is 10.2 Å². The summed E-state index contributed by atoms with van der Waals surface area (Å²) in [5, 5.41) is 3.06. The zero-order valence-electron chi connectivity index (χ0n) is 17.0. The van der Waals surface area contributed by atoms with Crippen molar-refractivity contribution in [3.8, 4) is 0 Å². The molecular weight excluding hydrogens is 378 g/mol. The molecule has 0 aromatic carbocycles. The second-order valence-electron chi connectivity index (χ2n) is 8.62. The van der Waals surface area contributed by atoms with Crippen LogP contribution in [0.5, 0.6) is 0 Å². The standard InChI is InChI=1S/C23H27N5O2/c29-22-6-3-5-20-16-12-17(15-27(14-16)18-7-10-24-11-8-18)21(28(20)22)13-26-23(30)19-4-1-2-9-25-19/h1-2,4,7-11,16-17,20-21H,3,5-6,12-15H2,(H,26,30)/t16-,17+,20+,21+/m1/s1. The summed E-state index contributed by atoms with van der Waals surface area (Å²) in [6.07, 6.45) is 9.04. The summed E-state index contributed by atoms with van der Waals surface area (Å²) in [6, 6.07) is 9.73. The predicted molar refractivity (Wildman–Crippen MR) is 113 cm³/mol. The Morgan fingerprint density at radius 3 is 2.73 bits per heavy atom. The van der Waals surface area contributed by atoms with E-state index in [2.05, 4.69) is 37.2 Å². The lowest BCUT2D eigenvalue weighted by Gasteiger charge is -2.57. The number of anilines is 1. The van der Waals surface area contributed by atoms with Crippen LogP contribution in [0.15, 0.2) is 48.9 Å². The Kier molecular flexibility index (Phi) is 5.11. The normalized spacial score (nSPS) is 28.1. The van der Waals surface area contributed by atoms with E-state index in [1.54, 1.807) is 18.3 Å². The minimum absolute atomic E-state index is 0.0244. The first-order valence-electron chi connectivity index (χ1n) is 10.9. The Morgan fingerprint density at radius 1 is 1.10 bits per heavy atom. The third-order valence-electron chi connectivity index (χ3n) is 6.89. The van der Waals surface area contributed by atoms with E-state index in [0.717, 1.165) is 32.4 Å². The van der Waals surface area contributed by atoms with Gasteiger partial charge in [0.15, 0.2) is 0 Å². The van der Waals surface area contributed by atoms with Gasteiger partial charge in [-0.3, -0.25) is 19.6 Å². The van der Waals surface area contributed by atoms with Gasteiger partial charge in [-0.25, -0.2) is 0 Å². The minimum atomic E-state index is -0.180. The van der Waals surface area contributed by atoms with E-state index >= 15 is 0 Å². The molecule has 5 heterocycles. The largest absolute Gasteiger partial charge is 0.371 e. The van der Waals surface area contributed by atoms with Gasteiger partial charge in [-0.05, 0) is 55.4 Å². The summed E-state index contributed by atoms with van der Waals surface area (Å²) in [6.45, 7) is 2.34. The molecule has 30 heavy (non-hydrogen) atoms. The number of pyridine rings is 2. The van der Waals surface area contributed by atoms with Crippen molar-refractivity contribution in [3.05, 3.63) is 54.6 Å². The predicted octanol–water partition coefficient (Wildman–Crippen LogP) is 2.11. The molecule has 7 nitrogen and oxygen atoms in total. The molecule has 3 aliphatic heterocycles. The molecule has 2 aromatic heterocycles. The van der Waals surface area contributed by atoms with Gasteiger partial charge in [0.05, 0.1) is 6.04 Å². The molecule has 0 aliphatic carbocycles. The first kappa shape index (κ1) is 19.0. The Balaban J connectivity index is 1.38. The van der Waals surface area contributed by atoms with Gasteiger partial charge in [-0.2, -0.15) is 0 Å². The van der Waals surface area contributed by atoms with Gasteiger partial charge < -0.3 is 15.1 Å². The van der Waals surface area contributed by atoms with E-state index in [1.165, 1.54) is 5.69 Å². The molecule has 4 atom stereocenters. The number of amides is 2. The molecule has 7 heteroatoms. The molecule has 0 unspecified atom stereocenters. The van der Waals surface area contributed by atoms with E-state index in [9.17, 15) is 9.59 Å². The molecule has 0 radical (unpaired) electrons. The lowest BCUT2D eigenvalue weighted by atomic mass is 9.72. The smallest absolute Gasteiger partial charge is 0.269 e. The molecule has 2 amide bonds. The third-order valence-corrected chi connectivity index (χ3v) is 6.89. The lowest BCUT2D eigenvalue weighted by molar-refractivity contribution is -0.148. The summed E-state index contributed by atoms with van der Waals surface area (Å²) < 4.78 is 0. The molecule has 3 fully saturated rings. The van der Waals surface area contributed by atoms with Crippen molar-refractivity contribution < 1.29 is 9.59 Å². The van der Waals surface area contributed by atoms with Gasteiger partial charge in [0.25, 0.3) is 5.91 Å². The average molecular weight is 406 g/mol. The van der Waals surface area contributed by atoms with Crippen molar-refractivity contribution in [2.75, 3.05) is 24.5 Å². The molecule has 156 valence electrons. The second-order valence-corrected chi connectivity index (χ2v) is 8.62. The number of hydrogen-bond donors (Lipinski definition) is 1. The monoisotopic (exact) mass is 405 g/mol. The van der Waals surface area contributed by atoms with Crippen LogP contribution in [-0.4, -0.2) is 58.4 Å². The average Bonchev–Trinajstić information content (AvgIpc) is 2.80. The van der Waals surface area contributed by atoms with E-state index in [0.29, 0.717) is 30.5 Å². The van der Waals surface area contributed by atoms with Gasteiger partial charge in [0.2, 0.25) is 5.91 Å². The van der Waals surface area contributed by atoms with E-state index in [-0.39, 0.29) is 23.9 Å². The fourth-order valence-corrected chi connectivity index (χ4v) is 5.59. The number of rotatable bonds is 4. The van der Waals surface area contributed by atoms with Crippen LogP contribution in [0.2, 0.25) is 0 Å². The number of nitrogens with zero attached hydrogens (tertiary/aromatic N) is 4. The molecule has 3 saturated heterocycles. The van der Waals surface area contributed by atoms with Crippen molar-refractivity contribution in [1.82, 2.24) is 20.2 Å². The first-order valence-corrected chi connectivity index (χ1v) is 10.9. The van der Waals surface area contributed by atoms with E-state index in [1.807, 2.05) is 18.5 Å². The number of fused-ring (bicyclic) bond motifs is 4. The van der Waals surface area contributed by atoms with Gasteiger partial charge >= 0.3 is 0 Å². The number of piperidine rings is 3. The molecule has 0 saturated carbocycles. The van der Waals surface area contributed by atoms with Gasteiger partial charge in [0, 0.05) is 56.4 Å². The molecule has 0 spiro atoms. The summed E-state index contributed by atoms with van der Waals surface area (Å²) in [4.78, 5) is 38.4. The maximum atomic E-state index is 12.9. The van der Waals surface area contributed by atoms with Crippen LogP contribution in [0.1, 0.15) is 36.2 Å². The molecule has 3 aliphatic rings. The highest BCUT2D eigenvalue weighted by Gasteiger charge is 2.49. The highest BCUT2D eigenvalue weighted by molar-refractivity contribution is 5.92. The lowest BCUT2D eigenvalue weighted by Crippen LogP contribution is -2.67. The summed E-state index contributed by atoms with van der Waals surface area (Å²) in [7, 11) is 0. The second kappa shape index (κ2) is 8.05. The van der Waals surface area contributed by atoms with Crippen LogP contribution in [0, 0.1) is 11.8 Å². The maximum Gasteiger partial charge on any atom is 0.269 e. The van der Waals surface area contributed by atoms with Crippen LogP contribution >= 0.6 is 0 Å². The number of carbonyl (C=O) groups is 2. The summed E-state index contributed by atoms with van der Waals surface area (Å²) >= 11 is 0. The number of carbonyl (C=O) groups excluding carboxylic acids is 2. The molecule has 2 aromatic rings. The van der Waals surface area contributed by atoms with Gasteiger partial charge in [-0.15, -0.1) is 0 Å². The fraction of sp³-hybridized carbons (Fsp3) is 0.478. The number of aromatic nitrogens is 2. The fourth-order valence-electron chi connectivity index (χ4n) is 5.59. The van der Waals surface area contributed by atoms with Crippen molar-refractivity contribution in [1.29, 1.82) is 0 Å². The number of nitrogens with one attached hydrogen (secondary N) is 1. The summed E-state index contributed by atoms with van der Waals surface area (Å²) in [5.74, 6) is 0.874. The third kappa shape index (κ3) is 3.53. The minimum Gasteiger partial charge on any atom is -0.371 e. The zero-order chi connectivity index (χ0) is 20.5. The van der Waals surface area contributed by atoms with Crippen molar-refractivity contribution in [2.24, 2.45) is 11.8 Å². The maximum absolute atomic E-state index is 12.9. The van der Waals surface area contributed by atoms with Crippen molar-refractivity contribution in [3.63, 3.8) is 0 Å². The SMILES string of the molecule is O=C(NC[C@H]1[C@H]2C[C@H](CN(c3ccncc3)C2)[C@@H]2CCCC(=O)N21)c1ccccn1. The molecule has 2 bridgehead atoms. The van der Waals surface area contributed by atoms with Gasteiger partial charge in [0.1, 0.15) is 5.69 Å². The van der Waals surface area contributed by atoms with Gasteiger partial charge in [-0.1, -0.05) is 6.07 Å². The van der Waals surface area contributed by atoms with E-state index < -0.39 is 0 Å². The van der Waals surface area contributed by atoms with Crippen LogP contribution in [-0.2, 0) is 4.79 Å². The van der Waals surface area contributed by atoms with Crippen molar-refractivity contribution >= 4 is 17.5 Å². The van der Waals surface area contributed by atoms with Crippen LogP contribution in [0.3, 0.4) is 0 Å². The summed E-state index contributed by atoms with van der Waals surface area (Å²) in [5.41, 5.74) is 1.60. The zero-order valence-corrected chi connectivity index (χ0v) is 17.0. The Hall–Kier alpha value is -2.96. The highest BCUT2D eigenvalue weighted by atomic mass is 16.2. The topological polar surface area (TPSA) is 78.4 Å². The Labute approximate surface area is 176 Å².